The van der Waals surface area contributed by atoms with Gasteiger partial charge in [-0.2, -0.15) is 0 Å². The summed E-state index contributed by atoms with van der Waals surface area (Å²) in [6.45, 7) is 0. The van der Waals surface area contributed by atoms with Crippen LogP contribution in [0.4, 0.5) is 0 Å². The van der Waals surface area contributed by atoms with E-state index in [2.05, 4.69) is 5.18 Å². The molecular formula is C11H14N2O2. The number of nitroso groups, excluding NO2 is 1. The van der Waals surface area contributed by atoms with Gasteiger partial charge in [0.25, 0.3) is 0 Å². The minimum Gasteiger partial charge on any atom is -0.320 e. The number of nitrogens with two attached hydrogens (primary N) is 1. The first kappa shape index (κ1) is 11.5. The zero-order chi connectivity index (χ0) is 11.1. The summed E-state index contributed by atoms with van der Waals surface area (Å²) in [7, 11) is 0. The summed E-state index contributed by atoms with van der Waals surface area (Å²) in [4.78, 5) is 20.9. The number of carbonyl (C=O) groups excluding carboxylic acids is 1. The first-order valence-corrected chi connectivity index (χ1v) is 4.87. The van der Waals surface area contributed by atoms with Crippen molar-refractivity contribution < 1.29 is 4.79 Å². The van der Waals surface area contributed by atoms with Crippen LogP contribution in [0.3, 0.4) is 0 Å². The van der Waals surface area contributed by atoms with E-state index >= 15 is 0 Å². The minimum atomic E-state index is -0.801. The van der Waals surface area contributed by atoms with Crippen molar-refractivity contribution in [2.75, 3.05) is 0 Å². The fourth-order valence-corrected chi connectivity index (χ4v) is 1.38. The smallest absolute Gasteiger partial charge is 0.302 e. The van der Waals surface area contributed by atoms with Gasteiger partial charge in [0.2, 0.25) is 0 Å². The topological polar surface area (TPSA) is 72.5 Å². The largest absolute Gasteiger partial charge is 0.320 e. The van der Waals surface area contributed by atoms with Crippen molar-refractivity contribution in [1.82, 2.24) is 0 Å². The van der Waals surface area contributed by atoms with Gasteiger partial charge in [0.15, 0.2) is 0 Å². The number of rotatable bonds is 3. The van der Waals surface area contributed by atoms with Gasteiger partial charge in [-0.05, 0) is 18.8 Å². The van der Waals surface area contributed by atoms with Gasteiger partial charge >= 0.3 is 5.91 Å². The van der Waals surface area contributed by atoms with Crippen molar-refractivity contribution in [3.05, 3.63) is 41.4 Å². The average molecular weight is 206 g/mol. The summed E-state index contributed by atoms with van der Waals surface area (Å²) in [6.07, 6.45) is 13.1. The standard InChI is InChI=1S/C11H14N2O2/c12-10(11(14)13-15)8-9-6-4-2-1-3-5-7-9/h1-2,4-7,9-10H,3,8,12H2/b2-1-,6-4?,7-5-. The van der Waals surface area contributed by atoms with Crippen molar-refractivity contribution in [2.45, 2.75) is 18.9 Å². The lowest BCUT2D eigenvalue weighted by Gasteiger charge is -2.11. The monoisotopic (exact) mass is 206 g/mol. The Morgan fingerprint density at radius 3 is 2.93 bits per heavy atom. The predicted molar refractivity (Wildman–Crippen MR) is 58.9 cm³/mol. The van der Waals surface area contributed by atoms with Crippen LogP contribution in [0.25, 0.3) is 0 Å². The molecule has 0 aliphatic heterocycles. The number of allylic oxidation sites excluding steroid dienone is 6. The number of carbonyl (C=O) groups is 1. The molecule has 0 aromatic rings. The number of hydrogen-bond donors (Lipinski definition) is 1. The van der Waals surface area contributed by atoms with Crippen molar-refractivity contribution in [3.8, 4) is 0 Å². The summed E-state index contributed by atoms with van der Waals surface area (Å²) >= 11 is 0. The molecule has 1 rings (SSSR count). The van der Waals surface area contributed by atoms with Crippen LogP contribution in [0.15, 0.2) is 41.6 Å². The highest BCUT2D eigenvalue weighted by atomic mass is 16.3. The molecule has 80 valence electrons. The molecule has 15 heavy (non-hydrogen) atoms. The van der Waals surface area contributed by atoms with Crippen LogP contribution in [0.2, 0.25) is 0 Å². The van der Waals surface area contributed by atoms with Gasteiger partial charge in [-0.3, -0.25) is 4.79 Å². The first-order chi connectivity index (χ1) is 7.24. The minimum absolute atomic E-state index is 0.0932. The Hall–Kier alpha value is -1.55. The zero-order valence-corrected chi connectivity index (χ0v) is 8.37. The van der Waals surface area contributed by atoms with Crippen molar-refractivity contribution in [2.24, 2.45) is 16.8 Å². The Morgan fingerprint density at radius 2 is 2.20 bits per heavy atom. The van der Waals surface area contributed by atoms with Crippen LogP contribution in [-0.2, 0) is 4.79 Å². The molecule has 1 aliphatic carbocycles. The van der Waals surface area contributed by atoms with E-state index < -0.39 is 11.9 Å². The van der Waals surface area contributed by atoms with E-state index in [1.54, 1.807) is 0 Å². The molecule has 0 heterocycles. The summed E-state index contributed by atoms with van der Waals surface area (Å²) in [5.41, 5.74) is 5.52. The second kappa shape index (κ2) is 6.03. The van der Waals surface area contributed by atoms with Crippen molar-refractivity contribution in [1.29, 1.82) is 0 Å². The molecule has 4 heteroatoms. The summed E-state index contributed by atoms with van der Waals surface area (Å²) in [6, 6.07) is -0.801. The molecule has 2 atom stereocenters. The van der Waals surface area contributed by atoms with E-state index in [4.69, 9.17) is 5.73 Å². The van der Waals surface area contributed by atoms with Crippen molar-refractivity contribution in [3.63, 3.8) is 0 Å². The Kier molecular flexibility index (Phi) is 4.63. The molecule has 1 amide bonds. The van der Waals surface area contributed by atoms with E-state index in [1.807, 2.05) is 36.5 Å². The van der Waals surface area contributed by atoms with Gasteiger partial charge in [-0.25, -0.2) is 0 Å². The second-order valence-corrected chi connectivity index (χ2v) is 3.41. The van der Waals surface area contributed by atoms with Crippen LogP contribution in [0, 0.1) is 10.8 Å². The maximum Gasteiger partial charge on any atom is 0.302 e. The van der Waals surface area contributed by atoms with Crippen LogP contribution >= 0.6 is 0 Å². The van der Waals surface area contributed by atoms with E-state index in [9.17, 15) is 9.70 Å². The first-order valence-electron chi connectivity index (χ1n) is 4.87. The predicted octanol–water partition coefficient (Wildman–Crippen LogP) is 1.69. The lowest BCUT2D eigenvalue weighted by Crippen LogP contribution is -2.30. The Balaban J connectivity index is 2.56. The van der Waals surface area contributed by atoms with Gasteiger partial charge in [0, 0.05) is 5.18 Å². The Labute approximate surface area is 88.5 Å². The second-order valence-electron chi connectivity index (χ2n) is 3.41. The van der Waals surface area contributed by atoms with E-state index in [1.165, 1.54) is 0 Å². The third-order valence-corrected chi connectivity index (χ3v) is 2.19. The van der Waals surface area contributed by atoms with Crippen LogP contribution < -0.4 is 5.73 Å². The van der Waals surface area contributed by atoms with Crippen molar-refractivity contribution >= 4 is 5.91 Å². The molecule has 0 aromatic heterocycles. The summed E-state index contributed by atoms with van der Waals surface area (Å²) in [5, 5.41) is 2.32. The van der Waals surface area contributed by atoms with Gasteiger partial charge < -0.3 is 5.73 Å². The van der Waals surface area contributed by atoms with Crippen LogP contribution in [0.5, 0.6) is 0 Å². The summed E-state index contributed by atoms with van der Waals surface area (Å²) in [5.74, 6) is -0.690. The fraction of sp³-hybridized carbons (Fsp3) is 0.364. The molecule has 0 saturated heterocycles. The van der Waals surface area contributed by atoms with Crippen LogP contribution in [-0.4, -0.2) is 11.9 Å². The highest BCUT2D eigenvalue weighted by Gasteiger charge is 2.16. The number of hydrogen-bond acceptors (Lipinski definition) is 3. The quantitative estimate of drug-likeness (QED) is 0.564. The highest BCUT2D eigenvalue weighted by molar-refractivity contribution is 5.82. The Morgan fingerprint density at radius 1 is 1.40 bits per heavy atom. The molecule has 0 fully saturated rings. The fourth-order valence-electron chi connectivity index (χ4n) is 1.38. The zero-order valence-electron chi connectivity index (χ0n) is 8.37. The number of amides is 1. The van der Waals surface area contributed by atoms with Gasteiger partial charge in [0.1, 0.15) is 0 Å². The molecule has 0 bridgehead atoms. The Bertz CT molecular complexity index is 319. The lowest BCUT2D eigenvalue weighted by molar-refractivity contribution is -0.119. The molecule has 2 unspecified atom stereocenters. The van der Waals surface area contributed by atoms with Gasteiger partial charge in [-0.15, -0.1) is 4.91 Å². The van der Waals surface area contributed by atoms with E-state index in [0.29, 0.717) is 6.42 Å². The summed E-state index contributed by atoms with van der Waals surface area (Å²) < 4.78 is 0. The third-order valence-electron chi connectivity index (χ3n) is 2.19. The molecule has 1 aliphatic rings. The van der Waals surface area contributed by atoms with Gasteiger partial charge in [-0.1, -0.05) is 36.5 Å². The molecule has 0 aromatic carbocycles. The molecule has 0 radical (unpaired) electrons. The number of nitrogens with zero attached hydrogens (tertiary/aromatic N) is 1. The molecule has 0 saturated carbocycles. The third kappa shape index (κ3) is 3.99. The maximum absolute atomic E-state index is 10.9. The molecular weight excluding hydrogens is 192 g/mol. The average Bonchev–Trinajstić information content (AvgIpc) is 2.20. The molecule has 4 nitrogen and oxygen atoms in total. The maximum atomic E-state index is 10.9. The SMILES string of the molecule is NC(CC1C=C/C=C\C/C=C\1)C(=O)N=O. The van der Waals surface area contributed by atoms with E-state index in [0.717, 1.165) is 6.42 Å². The molecule has 0 spiro atoms. The van der Waals surface area contributed by atoms with Gasteiger partial charge in [0.05, 0.1) is 6.04 Å². The highest BCUT2D eigenvalue weighted by Crippen LogP contribution is 2.13. The van der Waals surface area contributed by atoms with E-state index in [-0.39, 0.29) is 5.92 Å². The lowest BCUT2D eigenvalue weighted by atomic mass is 9.97. The molecule has 2 N–H and O–H groups in total. The van der Waals surface area contributed by atoms with Crippen LogP contribution in [0.1, 0.15) is 12.8 Å². The normalized spacial score (nSPS) is 26.1.